The Kier molecular flexibility index (Phi) is 7.90. The first-order valence-corrected chi connectivity index (χ1v) is 10.7. The average molecular weight is 448 g/mol. The highest BCUT2D eigenvalue weighted by atomic mass is 19.4. The van der Waals surface area contributed by atoms with E-state index in [9.17, 15) is 18.0 Å². The van der Waals surface area contributed by atoms with Gasteiger partial charge in [-0.25, -0.2) is 4.79 Å². The van der Waals surface area contributed by atoms with Crippen molar-refractivity contribution in [3.05, 3.63) is 71.3 Å². The summed E-state index contributed by atoms with van der Waals surface area (Å²) < 4.78 is 31.7. The monoisotopic (exact) mass is 448 g/mol. The summed E-state index contributed by atoms with van der Waals surface area (Å²) in [5, 5.41) is 13.8. The van der Waals surface area contributed by atoms with Crippen molar-refractivity contribution in [2.24, 2.45) is 5.92 Å². The van der Waals surface area contributed by atoms with Crippen molar-refractivity contribution < 1.29 is 27.9 Å². The number of nitrogens with one attached hydrogen (secondary N) is 2. The molecule has 5 nitrogen and oxygen atoms in total. The number of halogens is 3. The molecule has 2 atom stereocenters. The van der Waals surface area contributed by atoms with Crippen LogP contribution in [-0.4, -0.2) is 42.3 Å². The van der Waals surface area contributed by atoms with Gasteiger partial charge in [0, 0.05) is 24.1 Å². The highest BCUT2D eigenvalue weighted by Crippen LogP contribution is 2.41. The Morgan fingerprint density at radius 3 is 2.34 bits per heavy atom. The summed E-state index contributed by atoms with van der Waals surface area (Å²) in [6.45, 7) is 1.84. The molecular formula is C24H27F3N2O3. The van der Waals surface area contributed by atoms with E-state index < -0.39 is 12.1 Å². The molecule has 0 radical (unpaired) electrons. The second kappa shape index (κ2) is 10.6. The van der Waals surface area contributed by atoms with Crippen molar-refractivity contribution >= 4 is 11.9 Å². The maximum absolute atomic E-state index is 12.4. The van der Waals surface area contributed by atoms with Crippen LogP contribution in [0.4, 0.5) is 13.2 Å². The van der Waals surface area contributed by atoms with Crippen molar-refractivity contribution in [2.45, 2.75) is 43.8 Å². The standard InChI is InChI=1S/C22H26N2O.C2HF3O2/c25-22(23-12-11-16-5-2-1-3-6-16)19-8-4-7-18(13-19)20-14-21(20)24-15-17-9-10-17;3-2(4,5)1(6)7/h1-8,13,17,20-21,24H,9-12,14-15H2,(H,23,25);(H,6,7)/t20-,21+;/m0./s1. The van der Waals surface area contributed by atoms with E-state index in [1.54, 1.807) is 0 Å². The van der Waals surface area contributed by atoms with E-state index in [0.717, 1.165) is 17.9 Å². The first-order valence-electron chi connectivity index (χ1n) is 10.7. The minimum absolute atomic E-state index is 0.0286. The SMILES string of the molecule is O=C(NCCc1ccccc1)c1cccc([C@@H]2C[C@H]2NCC2CC2)c1.O=C(O)C(F)(F)F. The number of hydrogen-bond acceptors (Lipinski definition) is 3. The predicted octanol–water partition coefficient (Wildman–Crippen LogP) is 4.15. The maximum Gasteiger partial charge on any atom is 0.490 e. The fourth-order valence-corrected chi connectivity index (χ4v) is 3.41. The summed E-state index contributed by atoms with van der Waals surface area (Å²) >= 11 is 0. The lowest BCUT2D eigenvalue weighted by Gasteiger charge is -2.08. The second-order valence-corrected chi connectivity index (χ2v) is 8.22. The zero-order valence-electron chi connectivity index (χ0n) is 17.6. The van der Waals surface area contributed by atoms with Gasteiger partial charge in [-0.1, -0.05) is 42.5 Å². The maximum atomic E-state index is 12.4. The van der Waals surface area contributed by atoms with Gasteiger partial charge < -0.3 is 15.7 Å². The van der Waals surface area contributed by atoms with E-state index in [0.29, 0.717) is 18.5 Å². The molecule has 0 spiro atoms. The van der Waals surface area contributed by atoms with E-state index in [-0.39, 0.29) is 5.91 Å². The molecule has 2 aliphatic rings. The normalized spacial score (nSPS) is 19.5. The Morgan fingerprint density at radius 2 is 1.72 bits per heavy atom. The molecule has 2 aliphatic carbocycles. The van der Waals surface area contributed by atoms with Gasteiger partial charge in [0.05, 0.1) is 0 Å². The van der Waals surface area contributed by atoms with E-state index in [1.807, 2.05) is 30.3 Å². The zero-order valence-corrected chi connectivity index (χ0v) is 17.6. The summed E-state index contributed by atoms with van der Waals surface area (Å²) in [7, 11) is 0. The number of carboxylic acids is 1. The van der Waals surface area contributed by atoms with Crippen LogP contribution >= 0.6 is 0 Å². The van der Waals surface area contributed by atoms with Gasteiger partial charge in [-0.05, 0) is 61.4 Å². The van der Waals surface area contributed by atoms with Crippen LogP contribution in [0, 0.1) is 5.92 Å². The topological polar surface area (TPSA) is 78.4 Å². The molecule has 8 heteroatoms. The molecule has 1 amide bonds. The molecular weight excluding hydrogens is 421 g/mol. The number of hydrogen-bond donors (Lipinski definition) is 3. The summed E-state index contributed by atoms with van der Waals surface area (Å²) in [5.74, 6) is -1.23. The summed E-state index contributed by atoms with van der Waals surface area (Å²) in [6.07, 6.45) is -0.236. The van der Waals surface area contributed by atoms with E-state index in [4.69, 9.17) is 9.90 Å². The molecule has 2 aromatic rings. The number of amides is 1. The lowest BCUT2D eigenvalue weighted by Crippen LogP contribution is -2.25. The number of carbonyl (C=O) groups excluding carboxylic acids is 1. The molecule has 3 N–H and O–H groups in total. The molecule has 0 heterocycles. The largest absolute Gasteiger partial charge is 0.490 e. The smallest absolute Gasteiger partial charge is 0.475 e. The Bertz CT molecular complexity index is 914. The molecule has 2 fully saturated rings. The average Bonchev–Trinajstić information content (AvgIpc) is 3.68. The van der Waals surface area contributed by atoms with Crippen LogP contribution in [0.15, 0.2) is 54.6 Å². The first-order chi connectivity index (χ1) is 15.2. The lowest BCUT2D eigenvalue weighted by atomic mass is 10.1. The zero-order chi connectivity index (χ0) is 23.1. The number of carbonyl (C=O) groups is 2. The molecule has 0 aliphatic heterocycles. The molecule has 2 aromatic carbocycles. The van der Waals surface area contributed by atoms with Crippen molar-refractivity contribution in [3.8, 4) is 0 Å². The van der Waals surface area contributed by atoms with Crippen molar-refractivity contribution in [1.29, 1.82) is 0 Å². The van der Waals surface area contributed by atoms with Gasteiger partial charge in [0.2, 0.25) is 0 Å². The van der Waals surface area contributed by atoms with Crippen LogP contribution in [0.25, 0.3) is 0 Å². The van der Waals surface area contributed by atoms with Gasteiger partial charge in [0.15, 0.2) is 0 Å². The van der Waals surface area contributed by atoms with Gasteiger partial charge >= 0.3 is 12.1 Å². The first kappa shape index (κ1) is 23.8. The highest BCUT2D eigenvalue weighted by molar-refractivity contribution is 5.94. The Balaban J connectivity index is 0.000000360. The minimum atomic E-state index is -5.08. The Labute approximate surface area is 185 Å². The van der Waals surface area contributed by atoms with Gasteiger partial charge in [-0.15, -0.1) is 0 Å². The fourth-order valence-electron chi connectivity index (χ4n) is 3.41. The third-order valence-corrected chi connectivity index (χ3v) is 5.52. The number of rotatable bonds is 8. The van der Waals surface area contributed by atoms with Crippen molar-refractivity contribution in [3.63, 3.8) is 0 Å². The second-order valence-electron chi connectivity index (χ2n) is 8.22. The minimum Gasteiger partial charge on any atom is -0.475 e. The number of benzene rings is 2. The van der Waals surface area contributed by atoms with E-state index in [1.165, 1.54) is 36.9 Å². The number of carboxylic acid groups (broad SMARTS) is 1. The Hall–Kier alpha value is -2.87. The van der Waals surface area contributed by atoms with Crippen LogP contribution in [0.3, 0.4) is 0 Å². The Morgan fingerprint density at radius 1 is 1.03 bits per heavy atom. The van der Waals surface area contributed by atoms with Gasteiger partial charge in [-0.3, -0.25) is 4.79 Å². The summed E-state index contributed by atoms with van der Waals surface area (Å²) in [4.78, 5) is 21.3. The molecule has 2 saturated carbocycles. The van der Waals surface area contributed by atoms with Gasteiger partial charge in [0.1, 0.15) is 0 Å². The van der Waals surface area contributed by atoms with Crippen LogP contribution in [0.2, 0.25) is 0 Å². The lowest BCUT2D eigenvalue weighted by molar-refractivity contribution is -0.192. The van der Waals surface area contributed by atoms with Gasteiger partial charge in [-0.2, -0.15) is 13.2 Å². The summed E-state index contributed by atoms with van der Waals surface area (Å²) in [6, 6.07) is 19.0. The molecule has 0 bridgehead atoms. The summed E-state index contributed by atoms with van der Waals surface area (Å²) in [5.41, 5.74) is 3.32. The molecule has 4 rings (SSSR count). The quantitative estimate of drug-likeness (QED) is 0.567. The predicted molar refractivity (Wildman–Crippen MR) is 114 cm³/mol. The highest BCUT2D eigenvalue weighted by Gasteiger charge is 2.39. The van der Waals surface area contributed by atoms with Crippen LogP contribution < -0.4 is 10.6 Å². The third kappa shape index (κ3) is 7.67. The van der Waals surface area contributed by atoms with Crippen LogP contribution in [-0.2, 0) is 11.2 Å². The number of alkyl halides is 3. The molecule has 0 aromatic heterocycles. The fraction of sp³-hybridized carbons (Fsp3) is 0.417. The van der Waals surface area contributed by atoms with Crippen molar-refractivity contribution in [1.82, 2.24) is 10.6 Å². The van der Waals surface area contributed by atoms with E-state index in [2.05, 4.69) is 34.9 Å². The van der Waals surface area contributed by atoms with Crippen LogP contribution in [0.1, 0.15) is 46.7 Å². The van der Waals surface area contributed by atoms with Crippen LogP contribution in [0.5, 0.6) is 0 Å². The van der Waals surface area contributed by atoms with E-state index >= 15 is 0 Å². The number of aliphatic carboxylic acids is 1. The molecule has 0 saturated heterocycles. The molecule has 32 heavy (non-hydrogen) atoms. The molecule has 0 unspecified atom stereocenters. The molecule has 172 valence electrons. The third-order valence-electron chi connectivity index (χ3n) is 5.52. The van der Waals surface area contributed by atoms with Gasteiger partial charge in [0.25, 0.3) is 5.91 Å². The van der Waals surface area contributed by atoms with Crippen molar-refractivity contribution in [2.75, 3.05) is 13.1 Å².